The van der Waals surface area contributed by atoms with Gasteiger partial charge in [-0.2, -0.15) is 0 Å². The summed E-state index contributed by atoms with van der Waals surface area (Å²) in [7, 11) is -1.95. The van der Waals surface area contributed by atoms with E-state index in [1.807, 2.05) is 73.7 Å². The Kier molecular flexibility index (Phi) is 9.95. The molecule has 1 unspecified atom stereocenters. The highest BCUT2D eigenvalue weighted by molar-refractivity contribution is 6.73. The molecule has 3 aromatic rings. The number of aliphatic hydroxyl groups is 1. The van der Waals surface area contributed by atoms with Crippen molar-refractivity contribution in [3.05, 3.63) is 89.2 Å². The number of hydrogen-bond acceptors (Lipinski definition) is 5. The monoisotopic (exact) mass is 482 g/mol. The summed E-state index contributed by atoms with van der Waals surface area (Å²) in [5.41, 5.74) is 2.50. The van der Waals surface area contributed by atoms with Crippen LogP contribution < -0.4 is 4.74 Å². The Bertz CT molecular complexity index is 961. The lowest BCUT2D eigenvalue weighted by Gasteiger charge is -2.32. The van der Waals surface area contributed by atoms with Crippen LogP contribution >= 0.6 is 0 Å². The largest absolute Gasteiger partial charge is 0.465 e. The fourth-order valence-electron chi connectivity index (χ4n) is 4.15. The van der Waals surface area contributed by atoms with E-state index in [2.05, 4.69) is 20.8 Å². The number of hydrogen-bond donors (Lipinski definition) is 1. The molecule has 34 heavy (non-hydrogen) atoms. The van der Waals surface area contributed by atoms with Gasteiger partial charge in [-0.15, -0.1) is 0 Å². The molecule has 2 atom stereocenters. The maximum atomic E-state index is 11.1. The lowest BCUT2D eigenvalue weighted by molar-refractivity contribution is 0.0232. The van der Waals surface area contributed by atoms with Gasteiger partial charge in [-0.25, -0.2) is 0 Å². The first kappa shape index (κ1) is 26.2. The summed E-state index contributed by atoms with van der Waals surface area (Å²) in [5.74, 6) is 0.969. The summed E-state index contributed by atoms with van der Waals surface area (Å²) in [6.45, 7) is 9.83. The van der Waals surface area contributed by atoms with Crippen molar-refractivity contribution < 1.29 is 23.4 Å². The van der Waals surface area contributed by atoms with Gasteiger partial charge in [0.05, 0.1) is 25.4 Å². The molecule has 6 heteroatoms. The molecule has 0 saturated carbocycles. The van der Waals surface area contributed by atoms with Crippen LogP contribution in [0.4, 0.5) is 0 Å². The molecule has 0 saturated heterocycles. The Hall–Kier alpha value is -2.38. The second-order valence-electron chi connectivity index (χ2n) is 8.49. The average molecular weight is 483 g/mol. The predicted molar refractivity (Wildman–Crippen MR) is 138 cm³/mol. The Morgan fingerprint density at radius 3 is 2.09 bits per heavy atom. The van der Waals surface area contributed by atoms with Crippen molar-refractivity contribution in [2.75, 3.05) is 13.2 Å². The van der Waals surface area contributed by atoms with Crippen molar-refractivity contribution in [3.63, 3.8) is 0 Å². The van der Waals surface area contributed by atoms with Crippen LogP contribution in [0.5, 0.6) is 5.95 Å². The first-order valence-corrected chi connectivity index (χ1v) is 14.9. The van der Waals surface area contributed by atoms with Gasteiger partial charge in [0.25, 0.3) is 5.95 Å². The SMILES string of the molecule is CCOc1oc(C(COCc2ccccc2)O[Si](CC)(CC)CC)cc1[C@H](O)c1ccccc1. The van der Waals surface area contributed by atoms with E-state index in [0.29, 0.717) is 37.1 Å². The first-order valence-electron chi connectivity index (χ1n) is 12.3. The van der Waals surface area contributed by atoms with Gasteiger partial charge in [-0.1, -0.05) is 81.4 Å². The molecule has 0 aliphatic heterocycles. The molecule has 5 nitrogen and oxygen atoms in total. The van der Waals surface area contributed by atoms with Crippen LogP contribution in [-0.2, 0) is 15.8 Å². The molecule has 1 aromatic heterocycles. The van der Waals surface area contributed by atoms with Crippen molar-refractivity contribution in [3.8, 4) is 5.95 Å². The van der Waals surface area contributed by atoms with E-state index in [1.54, 1.807) is 0 Å². The van der Waals surface area contributed by atoms with Gasteiger partial charge in [0.15, 0.2) is 8.32 Å². The fourth-order valence-corrected chi connectivity index (χ4v) is 6.94. The second kappa shape index (κ2) is 12.9. The molecular formula is C28H38O5Si. The molecule has 0 radical (unpaired) electrons. The molecule has 2 aromatic carbocycles. The standard InChI is InChI=1S/C28H38O5Si/c1-5-31-28-24(27(29)23-17-13-10-14-18-23)19-25(32-28)26(33-34(6-2,7-3)8-4)21-30-20-22-15-11-9-12-16-22/h9-19,26-27,29H,5-8,20-21H2,1-4H3/t26?,27-/m1/s1. The average Bonchev–Trinajstić information content (AvgIpc) is 3.31. The molecule has 184 valence electrons. The zero-order valence-corrected chi connectivity index (χ0v) is 21.8. The molecule has 1 heterocycles. The summed E-state index contributed by atoms with van der Waals surface area (Å²) >= 11 is 0. The second-order valence-corrected chi connectivity index (χ2v) is 13.2. The van der Waals surface area contributed by atoms with Gasteiger partial charge in [0, 0.05) is 0 Å². The van der Waals surface area contributed by atoms with Crippen molar-refractivity contribution in [1.82, 2.24) is 0 Å². The first-order chi connectivity index (χ1) is 16.6. The number of rotatable bonds is 14. The molecule has 0 bridgehead atoms. The maximum absolute atomic E-state index is 11.1. The minimum absolute atomic E-state index is 0.335. The fraction of sp³-hybridized carbons (Fsp3) is 0.429. The molecule has 0 aliphatic rings. The van der Waals surface area contributed by atoms with Crippen LogP contribution in [0.15, 0.2) is 71.1 Å². The third kappa shape index (κ3) is 6.60. The topological polar surface area (TPSA) is 61.1 Å². The molecular weight excluding hydrogens is 444 g/mol. The van der Waals surface area contributed by atoms with E-state index < -0.39 is 14.4 Å². The highest BCUT2D eigenvalue weighted by Gasteiger charge is 2.35. The van der Waals surface area contributed by atoms with E-state index in [4.69, 9.17) is 18.3 Å². The van der Waals surface area contributed by atoms with Gasteiger partial charge >= 0.3 is 0 Å². The van der Waals surface area contributed by atoms with Gasteiger partial charge < -0.3 is 23.4 Å². The van der Waals surface area contributed by atoms with Crippen LogP contribution in [0.3, 0.4) is 0 Å². The van der Waals surface area contributed by atoms with E-state index in [9.17, 15) is 5.11 Å². The molecule has 0 spiro atoms. The zero-order chi connectivity index (χ0) is 24.4. The smallest absolute Gasteiger partial charge is 0.290 e. The van der Waals surface area contributed by atoms with Crippen LogP contribution in [0.1, 0.15) is 62.4 Å². The molecule has 0 aliphatic carbocycles. The number of furan rings is 1. The lowest BCUT2D eigenvalue weighted by Crippen LogP contribution is -2.38. The zero-order valence-electron chi connectivity index (χ0n) is 20.8. The van der Waals surface area contributed by atoms with E-state index in [1.165, 1.54) is 0 Å². The van der Waals surface area contributed by atoms with Gasteiger partial charge in [0.1, 0.15) is 18.0 Å². The van der Waals surface area contributed by atoms with Crippen LogP contribution in [0, 0.1) is 0 Å². The Balaban J connectivity index is 1.90. The lowest BCUT2D eigenvalue weighted by atomic mass is 10.0. The van der Waals surface area contributed by atoms with E-state index in [-0.39, 0.29) is 6.10 Å². The van der Waals surface area contributed by atoms with Gasteiger partial charge in [-0.3, -0.25) is 0 Å². The van der Waals surface area contributed by atoms with Gasteiger partial charge in [0.2, 0.25) is 0 Å². The number of aliphatic hydroxyl groups excluding tert-OH is 1. The van der Waals surface area contributed by atoms with Crippen molar-refractivity contribution in [2.24, 2.45) is 0 Å². The summed E-state index contributed by atoms with van der Waals surface area (Å²) in [6.07, 6.45) is -1.22. The van der Waals surface area contributed by atoms with Crippen LogP contribution in [-0.4, -0.2) is 26.6 Å². The predicted octanol–water partition coefficient (Wildman–Crippen LogP) is 7.04. The Morgan fingerprint density at radius 2 is 1.50 bits per heavy atom. The third-order valence-electron chi connectivity index (χ3n) is 6.45. The summed E-state index contributed by atoms with van der Waals surface area (Å²) in [6, 6.07) is 24.6. The summed E-state index contributed by atoms with van der Waals surface area (Å²) in [5, 5.41) is 11.1. The van der Waals surface area contributed by atoms with Crippen LogP contribution in [0.2, 0.25) is 18.1 Å². The van der Waals surface area contributed by atoms with Crippen molar-refractivity contribution in [2.45, 2.75) is 64.6 Å². The highest BCUT2D eigenvalue weighted by Crippen LogP contribution is 2.38. The van der Waals surface area contributed by atoms with Gasteiger partial charge in [-0.05, 0) is 42.2 Å². The summed E-state index contributed by atoms with van der Waals surface area (Å²) < 4.78 is 24.9. The number of benzene rings is 2. The quantitative estimate of drug-likeness (QED) is 0.250. The molecule has 0 amide bonds. The normalized spacial score (nSPS) is 13.6. The maximum Gasteiger partial charge on any atom is 0.290 e. The minimum Gasteiger partial charge on any atom is -0.465 e. The minimum atomic E-state index is -1.95. The Morgan fingerprint density at radius 1 is 0.882 bits per heavy atom. The summed E-state index contributed by atoms with van der Waals surface area (Å²) in [4.78, 5) is 0. The third-order valence-corrected chi connectivity index (χ3v) is 11.1. The molecule has 1 N–H and O–H groups in total. The van der Waals surface area contributed by atoms with Crippen LogP contribution in [0.25, 0.3) is 0 Å². The van der Waals surface area contributed by atoms with Crippen molar-refractivity contribution >= 4 is 8.32 Å². The number of ether oxygens (including phenoxy) is 2. The van der Waals surface area contributed by atoms with E-state index in [0.717, 1.165) is 29.3 Å². The molecule has 3 rings (SSSR count). The molecule has 0 fully saturated rings. The Labute approximate surface area is 204 Å². The highest BCUT2D eigenvalue weighted by atomic mass is 28.4. The van der Waals surface area contributed by atoms with E-state index >= 15 is 0 Å². The van der Waals surface area contributed by atoms with Crippen molar-refractivity contribution in [1.29, 1.82) is 0 Å².